The highest BCUT2D eigenvalue weighted by atomic mass is 32.2. The average Bonchev–Trinajstić information content (AvgIpc) is 2.44. The summed E-state index contributed by atoms with van der Waals surface area (Å²) in [6, 6.07) is 10.3. The molecule has 19 heavy (non-hydrogen) atoms. The van der Waals surface area contributed by atoms with Crippen molar-refractivity contribution >= 4 is 17.6 Å². The predicted molar refractivity (Wildman–Crippen MR) is 82.8 cm³/mol. The third kappa shape index (κ3) is 3.70. The first-order valence-electron chi connectivity index (χ1n) is 6.47. The van der Waals surface area contributed by atoms with Gasteiger partial charge in [-0.1, -0.05) is 19.1 Å². The first-order valence-corrected chi connectivity index (χ1v) is 7.69. The zero-order chi connectivity index (χ0) is 13.7. The monoisotopic (exact) mass is 273 g/mol. The standard InChI is InChI=1S/C15H19N3S/c1-4-9-16-14-10-11(2)17-15(18-14)12-5-7-13(19-3)8-6-12/h5-8,10H,4,9H2,1-3H3,(H,16,17,18). The van der Waals surface area contributed by atoms with Gasteiger partial charge in [0.15, 0.2) is 5.82 Å². The van der Waals surface area contributed by atoms with Crippen LogP contribution in [0.3, 0.4) is 0 Å². The Hall–Kier alpha value is -1.55. The van der Waals surface area contributed by atoms with Gasteiger partial charge in [-0.3, -0.25) is 0 Å². The van der Waals surface area contributed by atoms with Crippen LogP contribution in [0.4, 0.5) is 5.82 Å². The van der Waals surface area contributed by atoms with Crippen molar-refractivity contribution in [2.75, 3.05) is 18.1 Å². The normalized spacial score (nSPS) is 10.5. The summed E-state index contributed by atoms with van der Waals surface area (Å²) in [6.45, 7) is 5.07. The lowest BCUT2D eigenvalue weighted by Crippen LogP contribution is -2.04. The lowest BCUT2D eigenvalue weighted by atomic mass is 10.2. The van der Waals surface area contributed by atoms with Crippen LogP contribution in [-0.2, 0) is 0 Å². The lowest BCUT2D eigenvalue weighted by Gasteiger charge is -2.08. The molecule has 0 saturated carbocycles. The van der Waals surface area contributed by atoms with Crippen LogP contribution in [0, 0.1) is 6.92 Å². The summed E-state index contributed by atoms with van der Waals surface area (Å²) >= 11 is 1.74. The zero-order valence-corrected chi connectivity index (χ0v) is 12.4. The molecule has 3 nitrogen and oxygen atoms in total. The molecule has 100 valence electrons. The number of anilines is 1. The number of benzene rings is 1. The highest BCUT2D eigenvalue weighted by Crippen LogP contribution is 2.21. The van der Waals surface area contributed by atoms with Gasteiger partial charge in [-0.05, 0) is 31.7 Å². The summed E-state index contributed by atoms with van der Waals surface area (Å²) in [5.41, 5.74) is 2.04. The molecule has 2 aromatic rings. The topological polar surface area (TPSA) is 37.8 Å². The highest BCUT2D eigenvalue weighted by Gasteiger charge is 2.04. The third-order valence-electron chi connectivity index (χ3n) is 2.76. The SMILES string of the molecule is CCCNc1cc(C)nc(-c2ccc(SC)cc2)n1. The fraction of sp³-hybridized carbons (Fsp3) is 0.333. The number of nitrogens with one attached hydrogen (secondary N) is 1. The second-order valence-corrected chi connectivity index (χ2v) is 5.25. The molecule has 1 aromatic heterocycles. The van der Waals surface area contributed by atoms with E-state index in [4.69, 9.17) is 0 Å². The Balaban J connectivity index is 2.29. The summed E-state index contributed by atoms with van der Waals surface area (Å²) in [5.74, 6) is 1.68. The van der Waals surface area contributed by atoms with Crippen molar-refractivity contribution in [2.45, 2.75) is 25.2 Å². The summed E-state index contributed by atoms with van der Waals surface area (Å²) in [5, 5.41) is 3.31. The van der Waals surface area contributed by atoms with Crippen LogP contribution in [0.1, 0.15) is 19.0 Å². The van der Waals surface area contributed by atoms with Crippen molar-refractivity contribution in [3.8, 4) is 11.4 Å². The van der Waals surface area contributed by atoms with Gasteiger partial charge >= 0.3 is 0 Å². The molecule has 0 unspecified atom stereocenters. The largest absolute Gasteiger partial charge is 0.370 e. The average molecular weight is 273 g/mol. The molecule has 0 radical (unpaired) electrons. The fourth-order valence-electron chi connectivity index (χ4n) is 1.78. The molecule has 0 aliphatic heterocycles. The Morgan fingerprint density at radius 2 is 1.89 bits per heavy atom. The Labute approximate surface area is 118 Å². The quantitative estimate of drug-likeness (QED) is 0.836. The van der Waals surface area contributed by atoms with E-state index >= 15 is 0 Å². The second kappa shape index (κ2) is 6.57. The number of nitrogens with zero attached hydrogens (tertiary/aromatic N) is 2. The van der Waals surface area contributed by atoms with Gasteiger partial charge in [-0.15, -0.1) is 11.8 Å². The van der Waals surface area contributed by atoms with Crippen molar-refractivity contribution in [1.29, 1.82) is 0 Å². The first kappa shape index (κ1) is 13.9. The van der Waals surface area contributed by atoms with E-state index in [0.717, 1.165) is 35.9 Å². The molecule has 0 atom stereocenters. The summed E-state index contributed by atoms with van der Waals surface area (Å²) in [4.78, 5) is 10.3. The van der Waals surface area contributed by atoms with Gasteiger partial charge in [0.2, 0.25) is 0 Å². The van der Waals surface area contributed by atoms with Crippen LogP contribution in [0.15, 0.2) is 35.2 Å². The molecule has 2 rings (SSSR count). The second-order valence-electron chi connectivity index (χ2n) is 4.37. The predicted octanol–water partition coefficient (Wildman–Crippen LogP) is 4.00. The summed E-state index contributed by atoms with van der Waals surface area (Å²) < 4.78 is 0. The number of aryl methyl sites for hydroxylation is 1. The molecule has 0 saturated heterocycles. The first-order chi connectivity index (χ1) is 9.22. The van der Waals surface area contributed by atoms with E-state index < -0.39 is 0 Å². The molecule has 0 aliphatic rings. The zero-order valence-electron chi connectivity index (χ0n) is 11.6. The molecule has 0 spiro atoms. The van der Waals surface area contributed by atoms with Crippen molar-refractivity contribution in [3.63, 3.8) is 0 Å². The van der Waals surface area contributed by atoms with E-state index in [-0.39, 0.29) is 0 Å². The van der Waals surface area contributed by atoms with E-state index in [0.29, 0.717) is 0 Å². The van der Waals surface area contributed by atoms with E-state index in [1.165, 1.54) is 4.90 Å². The van der Waals surface area contributed by atoms with E-state index in [2.05, 4.69) is 52.7 Å². The van der Waals surface area contributed by atoms with Crippen molar-refractivity contribution in [2.24, 2.45) is 0 Å². The minimum Gasteiger partial charge on any atom is -0.370 e. The van der Waals surface area contributed by atoms with Crippen LogP contribution in [-0.4, -0.2) is 22.8 Å². The minimum atomic E-state index is 0.784. The van der Waals surface area contributed by atoms with Crippen molar-refractivity contribution in [1.82, 2.24) is 9.97 Å². The Morgan fingerprint density at radius 3 is 2.53 bits per heavy atom. The van der Waals surface area contributed by atoms with Gasteiger partial charge in [0.05, 0.1) is 0 Å². The maximum atomic E-state index is 4.57. The van der Waals surface area contributed by atoms with Gasteiger partial charge in [-0.25, -0.2) is 9.97 Å². The molecule has 0 bridgehead atoms. The van der Waals surface area contributed by atoms with Crippen LogP contribution in [0.5, 0.6) is 0 Å². The van der Waals surface area contributed by atoms with Crippen LogP contribution < -0.4 is 5.32 Å². The molecule has 4 heteroatoms. The molecule has 0 amide bonds. The van der Waals surface area contributed by atoms with Crippen LogP contribution in [0.2, 0.25) is 0 Å². The molecule has 1 aromatic carbocycles. The minimum absolute atomic E-state index is 0.784. The van der Waals surface area contributed by atoms with Gasteiger partial charge < -0.3 is 5.32 Å². The summed E-state index contributed by atoms with van der Waals surface area (Å²) in [7, 11) is 0. The van der Waals surface area contributed by atoms with Crippen LogP contribution >= 0.6 is 11.8 Å². The van der Waals surface area contributed by atoms with E-state index in [1.54, 1.807) is 11.8 Å². The number of thioether (sulfide) groups is 1. The van der Waals surface area contributed by atoms with Gasteiger partial charge in [0, 0.05) is 28.8 Å². The number of hydrogen-bond acceptors (Lipinski definition) is 4. The highest BCUT2D eigenvalue weighted by molar-refractivity contribution is 7.98. The number of hydrogen-bond donors (Lipinski definition) is 1. The van der Waals surface area contributed by atoms with Gasteiger partial charge in [0.1, 0.15) is 5.82 Å². The molecular weight excluding hydrogens is 254 g/mol. The van der Waals surface area contributed by atoms with Crippen LogP contribution in [0.25, 0.3) is 11.4 Å². The van der Waals surface area contributed by atoms with Gasteiger partial charge in [0.25, 0.3) is 0 Å². The molecular formula is C15H19N3S. The fourth-order valence-corrected chi connectivity index (χ4v) is 2.19. The maximum Gasteiger partial charge on any atom is 0.161 e. The Morgan fingerprint density at radius 1 is 1.16 bits per heavy atom. The maximum absolute atomic E-state index is 4.57. The molecule has 0 aliphatic carbocycles. The van der Waals surface area contributed by atoms with E-state index in [9.17, 15) is 0 Å². The Kier molecular flexibility index (Phi) is 4.80. The smallest absolute Gasteiger partial charge is 0.161 e. The van der Waals surface area contributed by atoms with Gasteiger partial charge in [-0.2, -0.15) is 0 Å². The summed E-state index contributed by atoms with van der Waals surface area (Å²) in [6.07, 6.45) is 3.16. The number of aromatic nitrogens is 2. The molecule has 1 heterocycles. The number of rotatable bonds is 5. The van der Waals surface area contributed by atoms with E-state index in [1.807, 2.05) is 13.0 Å². The van der Waals surface area contributed by atoms with Crippen molar-refractivity contribution < 1.29 is 0 Å². The third-order valence-corrected chi connectivity index (χ3v) is 3.50. The molecule has 1 N–H and O–H groups in total. The Bertz CT molecular complexity index is 538. The lowest BCUT2D eigenvalue weighted by molar-refractivity contribution is 0.962. The van der Waals surface area contributed by atoms with Crippen molar-refractivity contribution in [3.05, 3.63) is 36.0 Å². The molecule has 0 fully saturated rings.